The van der Waals surface area contributed by atoms with Crippen LogP contribution in [0, 0.1) is 12.7 Å². The molecule has 0 N–H and O–H groups in total. The summed E-state index contributed by atoms with van der Waals surface area (Å²) in [5, 5.41) is 4.22. The summed E-state index contributed by atoms with van der Waals surface area (Å²) in [6.07, 6.45) is 1.46. The van der Waals surface area contributed by atoms with Crippen LogP contribution in [0.4, 0.5) is 4.39 Å². The van der Waals surface area contributed by atoms with Crippen LogP contribution in [0.2, 0.25) is 0 Å². The number of piperazine rings is 1. The number of hydrogen-bond acceptors (Lipinski definition) is 5. The van der Waals surface area contributed by atoms with Crippen LogP contribution in [0.15, 0.2) is 48.7 Å². The van der Waals surface area contributed by atoms with Gasteiger partial charge in [-0.15, -0.1) is 0 Å². The minimum Gasteiger partial charge on any atom is -0.497 e. The molecule has 172 valence electrons. The molecule has 1 aliphatic heterocycles. The van der Waals surface area contributed by atoms with E-state index in [2.05, 4.69) is 5.10 Å². The van der Waals surface area contributed by atoms with Crippen molar-refractivity contribution >= 4 is 11.8 Å². The highest BCUT2D eigenvalue weighted by molar-refractivity contribution is 5.98. The van der Waals surface area contributed by atoms with Gasteiger partial charge in [0.05, 0.1) is 37.2 Å². The van der Waals surface area contributed by atoms with Crippen LogP contribution < -0.4 is 9.47 Å². The Bertz CT molecular complexity index is 1180. The van der Waals surface area contributed by atoms with E-state index in [0.29, 0.717) is 54.5 Å². The van der Waals surface area contributed by atoms with Gasteiger partial charge in [0, 0.05) is 32.2 Å². The average molecular weight is 452 g/mol. The van der Waals surface area contributed by atoms with Crippen molar-refractivity contribution in [1.82, 2.24) is 19.6 Å². The first-order valence-electron chi connectivity index (χ1n) is 10.5. The number of amides is 2. The zero-order chi connectivity index (χ0) is 23.5. The fraction of sp³-hybridized carbons (Fsp3) is 0.292. The maximum absolute atomic E-state index is 14.2. The lowest BCUT2D eigenvalue weighted by molar-refractivity contribution is 0.0533. The highest BCUT2D eigenvalue weighted by Gasteiger charge is 2.29. The van der Waals surface area contributed by atoms with Crippen molar-refractivity contribution < 1.29 is 23.5 Å². The van der Waals surface area contributed by atoms with Gasteiger partial charge in [0.1, 0.15) is 23.0 Å². The Hall–Kier alpha value is -3.88. The van der Waals surface area contributed by atoms with E-state index in [4.69, 9.17) is 9.47 Å². The molecule has 0 spiro atoms. The molecular formula is C24H25FN4O4. The van der Waals surface area contributed by atoms with Crippen LogP contribution in [0.5, 0.6) is 11.5 Å². The van der Waals surface area contributed by atoms with Crippen molar-refractivity contribution in [2.45, 2.75) is 6.92 Å². The van der Waals surface area contributed by atoms with Gasteiger partial charge in [0.25, 0.3) is 11.8 Å². The molecule has 0 radical (unpaired) electrons. The minimum atomic E-state index is -0.413. The fourth-order valence-electron chi connectivity index (χ4n) is 3.91. The van der Waals surface area contributed by atoms with Crippen molar-refractivity contribution in [2.24, 2.45) is 0 Å². The third-order valence-electron chi connectivity index (χ3n) is 5.81. The number of ether oxygens (including phenoxy) is 2. The van der Waals surface area contributed by atoms with Gasteiger partial charge in [-0.1, -0.05) is 12.1 Å². The van der Waals surface area contributed by atoms with Crippen molar-refractivity contribution in [3.8, 4) is 17.2 Å². The molecule has 2 amide bonds. The standard InChI is InChI=1S/C24H25FN4O4/c1-16-19(15-26-29(16)21-7-5-4-6-20(21)25)24(31)28-12-10-27(11-13-28)23(30)18-9-8-17(32-2)14-22(18)33-3/h4-9,14-15H,10-13H2,1-3H3. The van der Waals surface area contributed by atoms with Gasteiger partial charge in [0.2, 0.25) is 0 Å². The molecule has 2 heterocycles. The first kappa shape index (κ1) is 22.3. The monoisotopic (exact) mass is 452 g/mol. The van der Waals surface area contributed by atoms with E-state index in [1.807, 2.05) is 0 Å². The number of hydrogen-bond donors (Lipinski definition) is 0. The van der Waals surface area contributed by atoms with Gasteiger partial charge in [-0.25, -0.2) is 9.07 Å². The molecule has 3 aromatic rings. The number of benzene rings is 2. The lowest BCUT2D eigenvalue weighted by Crippen LogP contribution is -2.50. The number of halogens is 1. The number of nitrogens with zero attached hydrogens (tertiary/aromatic N) is 4. The largest absolute Gasteiger partial charge is 0.497 e. The Kier molecular flexibility index (Phi) is 6.30. The summed E-state index contributed by atoms with van der Waals surface area (Å²) in [6.45, 7) is 3.28. The van der Waals surface area contributed by atoms with Gasteiger partial charge in [-0.2, -0.15) is 5.10 Å². The summed E-state index contributed by atoms with van der Waals surface area (Å²) in [7, 11) is 3.06. The van der Waals surface area contributed by atoms with Crippen molar-refractivity contribution in [3.05, 3.63) is 71.3 Å². The van der Waals surface area contributed by atoms with E-state index in [9.17, 15) is 14.0 Å². The molecular weight excluding hydrogens is 427 g/mol. The summed E-state index contributed by atoms with van der Waals surface area (Å²) < 4.78 is 26.1. The van der Waals surface area contributed by atoms with Gasteiger partial charge < -0.3 is 19.3 Å². The second-order valence-corrected chi connectivity index (χ2v) is 7.66. The van der Waals surface area contributed by atoms with Gasteiger partial charge in [0.15, 0.2) is 0 Å². The molecule has 8 nitrogen and oxygen atoms in total. The van der Waals surface area contributed by atoms with Crippen molar-refractivity contribution in [3.63, 3.8) is 0 Å². The number of rotatable bonds is 5. The van der Waals surface area contributed by atoms with Crippen LogP contribution >= 0.6 is 0 Å². The van der Waals surface area contributed by atoms with Crippen molar-refractivity contribution in [2.75, 3.05) is 40.4 Å². The van der Waals surface area contributed by atoms with E-state index in [1.54, 1.807) is 60.2 Å². The molecule has 0 aliphatic carbocycles. The third-order valence-corrected chi connectivity index (χ3v) is 5.81. The van der Waals surface area contributed by atoms with Crippen LogP contribution in [-0.2, 0) is 0 Å². The van der Waals surface area contributed by atoms with Crippen LogP contribution in [0.25, 0.3) is 5.69 Å². The first-order valence-corrected chi connectivity index (χ1v) is 10.5. The maximum atomic E-state index is 14.2. The normalized spacial score (nSPS) is 13.7. The summed E-state index contributed by atoms with van der Waals surface area (Å²) in [6, 6.07) is 11.3. The van der Waals surface area contributed by atoms with E-state index >= 15 is 0 Å². The molecule has 1 fully saturated rings. The SMILES string of the molecule is COc1ccc(C(=O)N2CCN(C(=O)c3cnn(-c4ccccc4F)c3C)CC2)c(OC)c1. The second-order valence-electron chi connectivity index (χ2n) is 7.66. The molecule has 1 aliphatic rings. The lowest BCUT2D eigenvalue weighted by Gasteiger charge is -2.35. The number of carbonyl (C=O) groups is 2. The summed E-state index contributed by atoms with van der Waals surface area (Å²) in [4.78, 5) is 29.5. The third kappa shape index (κ3) is 4.26. The molecule has 0 atom stereocenters. The number of para-hydroxylation sites is 1. The summed E-state index contributed by atoms with van der Waals surface area (Å²) in [5.74, 6) is 0.275. The average Bonchev–Trinajstić information content (AvgIpc) is 3.24. The Morgan fingerprint density at radius 2 is 1.55 bits per heavy atom. The Balaban J connectivity index is 1.45. The summed E-state index contributed by atoms with van der Waals surface area (Å²) >= 11 is 0. The molecule has 33 heavy (non-hydrogen) atoms. The predicted octanol–water partition coefficient (Wildman–Crippen LogP) is 2.94. The number of aromatic nitrogens is 2. The number of methoxy groups -OCH3 is 2. The molecule has 1 aromatic heterocycles. The van der Waals surface area contributed by atoms with Crippen LogP contribution in [-0.4, -0.2) is 71.8 Å². The molecule has 0 unspecified atom stereocenters. The maximum Gasteiger partial charge on any atom is 0.257 e. The van der Waals surface area contributed by atoms with E-state index in [-0.39, 0.29) is 17.5 Å². The summed E-state index contributed by atoms with van der Waals surface area (Å²) in [5.41, 5.74) is 1.71. The minimum absolute atomic E-state index is 0.162. The molecule has 1 saturated heterocycles. The molecule has 2 aromatic carbocycles. The zero-order valence-electron chi connectivity index (χ0n) is 18.7. The smallest absolute Gasteiger partial charge is 0.257 e. The zero-order valence-corrected chi connectivity index (χ0v) is 18.7. The Labute approximate surface area is 191 Å². The van der Waals surface area contributed by atoms with Crippen LogP contribution in [0.3, 0.4) is 0 Å². The molecule has 4 rings (SSSR count). The second kappa shape index (κ2) is 9.32. The van der Waals surface area contributed by atoms with E-state index < -0.39 is 5.82 Å². The van der Waals surface area contributed by atoms with E-state index in [1.165, 1.54) is 24.1 Å². The molecule has 0 bridgehead atoms. The topological polar surface area (TPSA) is 76.9 Å². The predicted molar refractivity (Wildman–Crippen MR) is 120 cm³/mol. The molecule has 9 heteroatoms. The first-order chi connectivity index (χ1) is 15.9. The van der Waals surface area contributed by atoms with Gasteiger partial charge >= 0.3 is 0 Å². The van der Waals surface area contributed by atoms with Gasteiger partial charge in [-0.05, 0) is 31.2 Å². The highest BCUT2D eigenvalue weighted by atomic mass is 19.1. The van der Waals surface area contributed by atoms with E-state index in [0.717, 1.165) is 0 Å². The fourth-order valence-corrected chi connectivity index (χ4v) is 3.91. The van der Waals surface area contributed by atoms with Crippen molar-refractivity contribution in [1.29, 1.82) is 0 Å². The van der Waals surface area contributed by atoms with Gasteiger partial charge in [-0.3, -0.25) is 9.59 Å². The quantitative estimate of drug-likeness (QED) is 0.595. The Morgan fingerprint density at radius 3 is 2.15 bits per heavy atom. The number of carbonyl (C=O) groups excluding carboxylic acids is 2. The highest BCUT2D eigenvalue weighted by Crippen LogP contribution is 2.26. The lowest BCUT2D eigenvalue weighted by atomic mass is 10.1. The molecule has 0 saturated carbocycles. The van der Waals surface area contributed by atoms with Crippen LogP contribution in [0.1, 0.15) is 26.4 Å². The Morgan fingerprint density at radius 1 is 0.909 bits per heavy atom.